The van der Waals surface area contributed by atoms with Crippen LogP contribution in [0.25, 0.3) is 0 Å². The number of hydrogen-bond acceptors (Lipinski definition) is 7. The normalized spacial score (nSPS) is 11.0. The second-order valence-electron chi connectivity index (χ2n) is 6.14. The number of nitrogens with zero attached hydrogens (tertiary/aromatic N) is 2. The van der Waals surface area contributed by atoms with Crippen molar-refractivity contribution in [3.8, 4) is 5.75 Å². The number of nitrogens with one attached hydrogen (secondary N) is 2. The van der Waals surface area contributed by atoms with Gasteiger partial charge in [0.2, 0.25) is 5.13 Å². The Bertz CT molecular complexity index is 739. The molecule has 0 unspecified atom stereocenters. The minimum atomic E-state index is -0.338. The van der Waals surface area contributed by atoms with Crippen molar-refractivity contribution in [2.75, 3.05) is 18.2 Å². The number of aromatic nitrogens is 2. The Balaban J connectivity index is 1.86. The number of hydrogen-bond donors (Lipinski definition) is 2. The summed E-state index contributed by atoms with van der Waals surface area (Å²) in [4.78, 5) is 24.0. The maximum atomic E-state index is 12.2. The molecule has 1 aromatic heterocycles. The molecule has 25 heavy (non-hydrogen) atoms. The predicted molar refractivity (Wildman–Crippen MR) is 99.9 cm³/mol. The summed E-state index contributed by atoms with van der Waals surface area (Å²) in [6.07, 6.45) is 0. The summed E-state index contributed by atoms with van der Waals surface area (Å²) in [6.45, 7) is 5.66. The SMILES string of the molecule is COc1ccc(C(=O)CSc2nnc(NC(=O)NC(C)(C)C)s2)cc1. The average molecular weight is 380 g/mol. The molecule has 0 bridgehead atoms. The number of benzene rings is 1. The van der Waals surface area contributed by atoms with Crippen LogP contribution in [0.1, 0.15) is 31.1 Å². The fourth-order valence-electron chi connectivity index (χ4n) is 1.78. The van der Waals surface area contributed by atoms with Crippen molar-refractivity contribution in [3.63, 3.8) is 0 Å². The van der Waals surface area contributed by atoms with Gasteiger partial charge in [0, 0.05) is 11.1 Å². The van der Waals surface area contributed by atoms with Gasteiger partial charge in [0.15, 0.2) is 10.1 Å². The number of amides is 2. The molecular weight excluding hydrogens is 360 g/mol. The van der Waals surface area contributed by atoms with Crippen LogP contribution in [-0.4, -0.2) is 40.4 Å². The first-order valence-electron chi connectivity index (χ1n) is 7.49. The highest BCUT2D eigenvalue weighted by Gasteiger charge is 2.16. The lowest BCUT2D eigenvalue weighted by molar-refractivity contribution is 0.102. The van der Waals surface area contributed by atoms with E-state index in [1.54, 1.807) is 31.4 Å². The number of carbonyl (C=O) groups excluding carboxylic acids is 2. The van der Waals surface area contributed by atoms with Gasteiger partial charge in [-0.1, -0.05) is 23.1 Å². The zero-order chi connectivity index (χ0) is 18.4. The Morgan fingerprint density at radius 2 is 1.88 bits per heavy atom. The van der Waals surface area contributed by atoms with Crippen molar-refractivity contribution in [2.24, 2.45) is 0 Å². The van der Waals surface area contributed by atoms with E-state index >= 15 is 0 Å². The Morgan fingerprint density at radius 1 is 1.20 bits per heavy atom. The molecular formula is C16H20N4O3S2. The lowest BCUT2D eigenvalue weighted by Crippen LogP contribution is -2.43. The number of ketones is 1. The standard InChI is InChI=1S/C16H20N4O3S2/c1-16(2,3)18-13(22)17-14-19-20-15(25-14)24-9-12(21)10-5-7-11(23-4)8-6-10/h5-8H,9H2,1-4H3,(H2,17,18,19,22). The van der Waals surface area contributed by atoms with E-state index in [0.717, 1.165) is 0 Å². The van der Waals surface area contributed by atoms with Crippen LogP contribution >= 0.6 is 23.1 Å². The third kappa shape index (κ3) is 6.35. The fourth-order valence-corrected chi connectivity index (χ4v) is 3.42. The van der Waals surface area contributed by atoms with E-state index < -0.39 is 0 Å². The maximum absolute atomic E-state index is 12.2. The summed E-state index contributed by atoms with van der Waals surface area (Å²) in [5.74, 6) is 0.940. The van der Waals surface area contributed by atoms with Gasteiger partial charge < -0.3 is 10.1 Å². The van der Waals surface area contributed by atoms with E-state index in [1.807, 2.05) is 20.8 Å². The molecule has 9 heteroatoms. The number of urea groups is 1. The molecule has 0 fully saturated rings. The monoisotopic (exact) mass is 380 g/mol. The highest BCUT2D eigenvalue weighted by Crippen LogP contribution is 2.26. The second kappa shape index (κ2) is 8.30. The van der Waals surface area contributed by atoms with E-state index in [1.165, 1.54) is 23.1 Å². The van der Waals surface area contributed by atoms with Gasteiger partial charge in [0.25, 0.3) is 0 Å². The molecule has 134 valence electrons. The summed E-state index contributed by atoms with van der Waals surface area (Å²) in [5, 5.41) is 13.7. The Morgan fingerprint density at radius 3 is 2.48 bits per heavy atom. The third-order valence-electron chi connectivity index (χ3n) is 2.85. The van der Waals surface area contributed by atoms with Crippen LogP contribution in [0.2, 0.25) is 0 Å². The third-order valence-corrected chi connectivity index (χ3v) is 4.83. The van der Waals surface area contributed by atoms with Gasteiger partial charge in [0.1, 0.15) is 5.75 Å². The van der Waals surface area contributed by atoms with Gasteiger partial charge in [-0.2, -0.15) is 0 Å². The molecule has 0 aliphatic rings. The molecule has 2 amide bonds. The van der Waals surface area contributed by atoms with Crippen molar-refractivity contribution in [2.45, 2.75) is 30.6 Å². The summed E-state index contributed by atoms with van der Waals surface area (Å²) in [7, 11) is 1.58. The first kappa shape index (κ1) is 19.2. The van der Waals surface area contributed by atoms with Crippen molar-refractivity contribution in [3.05, 3.63) is 29.8 Å². The molecule has 0 saturated heterocycles. The van der Waals surface area contributed by atoms with Crippen LogP contribution in [0, 0.1) is 0 Å². The number of methoxy groups -OCH3 is 1. The van der Waals surface area contributed by atoms with Crippen molar-refractivity contribution in [1.82, 2.24) is 15.5 Å². The number of Topliss-reactive ketones (excluding diaryl/α,β-unsaturated/α-hetero) is 1. The molecule has 2 N–H and O–H groups in total. The molecule has 0 radical (unpaired) electrons. The highest BCUT2D eigenvalue weighted by atomic mass is 32.2. The fraction of sp³-hybridized carbons (Fsp3) is 0.375. The number of anilines is 1. The summed E-state index contributed by atoms with van der Waals surface area (Å²) in [5.41, 5.74) is 0.276. The van der Waals surface area contributed by atoms with Crippen LogP contribution in [0.15, 0.2) is 28.6 Å². The minimum absolute atomic E-state index is 0.0113. The summed E-state index contributed by atoms with van der Waals surface area (Å²) >= 11 is 2.51. The van der Waals surface area contributed by atoms with Gasteiger partial charge >= 0.3 is 6.03 Å². The molecule has 1 aromatic carbocycles. The van der Waals surface area contributed by atoms with E-state index in [0.29, 0.717) is 20.8 Å². The van der Waals surface area contributed by atoms with Crippen LogP contribution in [0.4, 0.5) is 9.93 Å². The van der Waals surface area contributed by atoms with Gasteiger partial charge in [0.05, 0.1) is 12.9 Å². The first-order chi connectivity index (χ1) is 11.8. The molecule has 0 aliphatic heterocycles. The zero-order valence-corrected chi connectivity index (χ0v) is 16.1. The molecule has 1 heterocycles. The smallest absolute Gasteiger partial charge is 0.321 e. The van der Waals surface area contributed by atoms with Crippen LogP contribution in [0.3, 0.4) is 0 Å². The number of ether oxygens (including phenoxy) is 1. The summed E-state index contributed by atoms with van der Waals surface area (Å²) < 4.78 is 5.69. The lowest BCUT2D eigenvalue weighted by atomic mass is 10.1. The molecule has 0 spiro atoms. The molecule has 7 nitrogen and oxygen atoms in total. The van der Waals surface area contributed by atoms with Gasteiger partial charge in [-0.3, -0.25) is 10.1 Å². The topological polar surface area (TPSA) is 93.2 Å². The van der Waals surface area contributed by atoms with E-state index in [9.17, 15) is 9.59 Å². The zero-order valence-electron chi connectivity index (χ0n) is 14.5. The number of carbonyl (C=O) groups is 2. The Hall–Kier alpha value is -2.13. The van der Waals surface area contributed by atoms with Crippen molar-refractivity contribution >= 4 is 40.0 Å². The highest BCUT2D eigenvalue weighted by molar-refractivity contribution is 8.01. The molecule has 0 aliphatic carbocycles. The number of rotatable bonds is 6. The van der Waals surface area contributed by atoms with Gasteiger partial charge in [-0.15, -0.1) is 10.2 Å². The molecule has 2 rings (SSSR count). The molecule has 0 atom stereocenters. The van der Waals surface area contributed by atoms with Crippen molar-refractivity contribution < 1.29 is 14.3 Å². The van der Waals surface area contributed by atoms with Gasteiger partial charge in [-0.05, 0) is 45.0 Å². The summed E-state index contributed by atoms with van der Waals surface area (Å²) in [6, 6.07) is 6.61. The number of thioether (sulfide) groups is 1. The van der Waals surface area contributed by atoms with Gasteiger partial charge in [-0.25, -0.2) is 4.79 Å². The lowest BCUT2D eigenvalue weighted by Gasteiger charge is -2.19. The Labute approximate surface area is 154 Å². The Kier molecular flexibility index (Phi) is 6.38. The van der Waals surface area contributed by atoms with E-state index in [-0.39, 0.29) is 23.1 Å². The molecule has 2 aromatic rings. The van der Waals surface area contributed by atoms with E-state index in [4.69, 9.17) is 4.74 Å². The minimum Gasteiger partial charge on any atom is -0.497 e. The molecule has 0 saturated carbocycles. The average Bonchev–Trinajstić information content (AvgIpc) is 2.98. The second-order valence-corrected chi connectivity index (χ2v) is 8.34. The largest absolute Gasteiger partial charge is 0.497 e. The quantitative estimate of drug-likeness (QED) is 0.453. The van der Waals surface area contributed by atoms with E-state index in [2.05, 4.69) is 20.8 Å². The maximum Gasteiger partial charge on any atom is 0.321 e. The van der Waals surface area contributed by atoms with Crippen LogP contribution in [-0.2, 0) is 0 Å². The predicted octanol–water partition coefficient (Wildman–Crippen LogP) is 3.44. The van der Waals surface area contributed by atoms with Crippen LogP contribution in [0.5, 0.6) is 5.75 Å². The first-order valence-corrected chi connectivity index (χ1v) is 9.30. The van der Waals surface area contributed by atoms with Crippen LogP contribution < -0.4 is 15.4 Å². The van der Waals surface area contributed by atoms with Crippen molar-refractivity contribution in [1.29, 1.82) is 0 Å².